The second-order valence-electron chi connectivity index (χ2n) is 6.14. The van der Waals surface area contributed by atoms with Crippen molar-refractivity contribution in [1.82, 2.24) is 14.9 Å². The van der Waals surface area contributed by atoms with Crippen LogP contribution in [-0.4, -0.2) is 51.0 Å². The van der Waals surface area contributed by atoms with Crippen LogP contribution in [0.25, 0.3) is 11.4 Å². The highest BCUT2D eigenvalue weighted by atomic mass is 19.1. The molecule has 0 radical (unpaired) electrons. The molecule has 138 valence electrons. The minimum absolute atomic E-state index is 0.0197. The average molecular weight is 369 g/mol. The van der Waals surface area contributed by atoms with E-state index in [1.165, 1.54) is 17.0 Å². The number of nitrogen functional groups attached to an aromatic ring is 1. The van der Waals surface area contributed by atoms with Crippen LogP contribution in [-0.2, 0) is 4.79 Å². The van der Waals surface area contributed by atoms with Gasteiger partial charge >= 0.3 is 0 Å². The zero-order valence-electron chi connectivity index (χ0n) is 14.4. The number of anilines is 1. The number of carbonyl (C=O) groups is 2. The molecule has 0 aliphatic carbocycles. The maximum absolute atomic E-state index is 14.2. The van der Waals surface area contributed by atoms with Gasteiger partial charge in [0.2, 0.25) is 5.60 Å². The maximum Gasteiger partial charge on any atom is 0.269 e. The largest absolute Gasteiger partial charge is 0.396 e. The molecule has 0 bridgehead atoms. The summed E-state index contributed by atoms with van der Waals surface area (Å²) in [5.74, 6) is 3.15. The number of benzene rings is 1. The van der Waals surface area contributed by atoms with Crippen molar-refractivity contribution in [1.29, 1.82) is 0 Å². The Bertz CT molecular complexity index is 1010. The number of nitrogens with two attached hydrogens (primary N) is 2. The van der Waals surface area contributed by atoms with Crippen LogP contribution in [0, 0.1) is 17.7 Å². The van der Waals surface area contributed by atoms with Crippen molar-refractivity contribution in [2.24, 2.45) is 5.73 Å². The summed E-state index contributed by atoms with van der Waals surface area (Å²) in [5, 5.41) is 10.3. The Morgan fingerprint density at radius 3 is 2.81 bits per heavy atom. The van der Waals surface area contributed by atoms with Crippen LogP contribution in [0.1, 0.15) is 22.5 Å². The number of halogens is 1. The Morgan fingerprint density at radius 1 is 1.44 bits per heavy atom. The van der Waals surface area contributed by atoms with Crippen LogP contribution in [0.3, 0.4) is 0 Å². The molecule has 3 rings (SSSR count). The predicted octanol–water partition coefficient (Wildman–Crippen LogP) is -0.0915. The van der Waals surface area contributed by atoms with Crippen LogP contribution in [0.15, 0.2) is 24.4 Å². The number of hydrogen-bond donors (Lipinski definition) is 3. The molecule has 1 atom stereocenters. The summed E-state index contributed by atoms with van der Waals surface area (Å²) in [5.41, 5.74) is 9.10. The smallest absolute Gasteiger partial charge is 0.269 e. The predicted molar refractivity (Wildman–Crippen MR) is 94.4 cm³/mol. The number of aliphatic hydroxyl groups is 1. The fraction of sp³-hybridized carbons (Fsp3) is 0.222. The number of nitrogens with zero attached hydrogens (tertiary/aromatic N) is 3. The molecule has 1 fully saturated rings. The van der Waals surface area contributed by atoms with Crippen molar-refractivity contribution in [3.05, 3.63) is 41.5 Å². The zero-order chi connectivity index (χ0) is 19.8. The van der Waals surface area contributed by atoms with Gasteiger partial charge in [0.05, 0.1) is 17.4 Å². The number of amides is 2. The Labute approximate surface area is 154 Å². The highest BCUT2D eigenvalue weighted by Gasteiger charge is 2.42. The van der Waals surface area contributed by atoms with Crippen molar-refractivity contribution < 1.29 is 19.1 Å². The first-order valence-corrected chi connectivity index (χ1v) is 7.94. The summed E-state index contributed by atoms with van der Waals surface area (Å²) in [6.45, 7) is 0.397. The van der Waals surface area contributed by atoms with Gasteiger partial charge in [0.1, 0.15) is 5.82 Å². The highest BCUT2D eigenvalue weighted by Crippen LogP contribution is 2.23. The molecule has 1 aromatic carbocycles. The van der Waals surface area contributed by atoms with Gasteiger partial charge < -0.3 is 21.5 Å². The maximum atomic E-state index is 14.2. The SMILES string of the molecule is CN1CC[C@@](O)(C#Cc2ccc(F)c(-c3ncc(N)c(C(N)=O)n3)c2)C1=O. The number of hydrogen-bond acceptors (Lipinski definition) is 6. The number of aromatic nitrogens is 2. The van der Waals surface area contributed by atoms with Crippen molar-refractivity contribution in [2.75, 3.05) is 19.3 Å². The van der Waals surface area contributed by atoms with Crippen LogP contribution in [0.4, 0.5) is 10.1 Å². The van der Waals surface area contributed by atoms with Crippen molar-refractivity contribution in [2.45, 2.75) is 12.0 Å². The molecule has 0 saturated carbocycles. The van der Waals surface area contributed by atoms with E-state index in [1.807, 2.05) is 0 Å². The summed E-state index contributed by atoms with van der Waals surface area (Å²) in [7, 11) is 1.58. The van der Waals surface area contributed by atoms with E-state index in [0.717, 1.165) is 12.3 Å². The van der Waals surface area contributed by atoms with E-state index in [9.17, 15) is 19.1 Å². The van der Waals surface area contributed by atoms with Crippen molar-refractivity contribution in [3.8, 4) is 23.2 Å². The Kier molecular flexibility index (Phi) is 4.51. The molecular weight excluding hydrogens is 353 g/mol. The molecule has 0 unspecified atom stereocenters. The van der Waals surface area contributed by atoms with Gasteiger partial charge in [-0.25, -0.2) is 14.4 Å². The molecule has 5 N–H and O–H groups in total. The van der Waals surface area contributed by atoms with E-state index in [0.29, 0.717) is 12.1 Å². The van der Waals surface area contributed by atoms with Crippen LogP contribution in [0.5, 0.6) is 0 Å². The lowest BCUT2D eigenvalue weighted by atomic mass is 10.0. The third kappa shape index (κ3) is 3.43. The lowest BCUT2D eigenvalue weighted by Crippen LogP contribution is -2.37. The molecule has 8 nitrogen and oxygen atoms in total. The third-order valence-electron chi connectivity index (χ3n) is 4.18. The molecule has 1 aromatic heterocycles. The van der Waals surface area contributed by atoms with E-state index in [4.69, 9.17) is 11.5 Å². The normalized spacial score (nSPS) is 18.9. The van der Waals surface area contributed by atoms with Crippen LogP contribution < -0.4 is 11.5 Å². The molecule has 1 saturated heterocycles. The fourth-order valence-electron chi connectivity index (χ4n) is 2.64. The summed E-state index contributed by atoms with van der Waals surface area (Å²) in [6, 6.07) is 3.89. The van der Waals surface area contributed by atoms with E-state index in [1.54, 1.807) is 7.05 Å². The Morgan fingerprint density at radius 2 is 2.19 bits per heavy atom. The van der Waals surface area contributed by atoms with Gasteiger partial charge in [-0.05, 0) is 18.2 Å². The van der Waals surface area contributed by atoms with Gasteiger partial charge in [0.15, 0.2) is 11.5 Å². The van der Waals surface area contributed by atoms with Gasteiger partial charge in [0, 0.05) is 25.6 Å². The van der Waals surface area contributed by atoms with E-state index >= 15 is 0 Å². The molecule has 2 heterocycles. The van der Waals surface area contributed by atoms with Gasteiger partial charge in [0.25, 0.3) is 11.8 Å². The number of primary amides is 1. The fourth-order valence-corrected chi connectivity index (χ4v) is 2.64. The second kappa shape index (κ2) is 6.66. The molecule has 2 amide bonds. The first kappa shape index (κ1) is 18.3. The Balaban J connectivity index is 2.00. The number of rotatable bonds is 2. The van der Waals surface area contributed by atoms with E-state index in [-0.39, 0.29) is 29.2 Å². The highest BCUT2D eigenvalue weighted by molar-refractivity contribution is 5.96. The van der Waals surface area contributed by atoms with Gasteiger partial charge in [-0.1, -0.05) is 11.8 Å². The summed E-state index contributed by atoms with van der Waals surface area (Å²) in [4.78, 5) is 32.6. The van der Waals surface area contributed by atoms with Crippen molar-refractivity contribution >= 4 is 17.5 Å². The van der Waals surface area contributed by atoms with Crippen molar-refractivity contribution in [3.63, 3.8) is 0 Å². The van der Waals surface area contributed by atoms with Gasteiger partial charge in [-0.15, -0.1) is 0 Å². The summed E-state index contributed by atoms with van der Waals surface area (Å²) < 4.78 is 14.2. The molecule has 1 aliphatic rings. The minimum atomic E-state index is -1.76. The minimum Gasteiger partial charge on any atom is -0.396 e. The number of likely N-dealkylation sites (tertiary alicyclic amines) is 1. The molecule has 1 aliphatic heterocycles. The van der Waals surface area contributed by atoms with E-state index < -0.39 is 23.2 Å². The summed E-state index contributed by atoms with van der Waals surface area (Å²) >= 11 is 0. The lowest BCUT2D eigenvalue weighted by molar-refractivity contribution is -0.137. The summed E-state index contributed by atoms with van der Waals surface area (Å²) in [6.07, 6.45) is 1.35. The van der Waals surface area contributed by atoms with E-state index in [2.05, 4.69) is 21.8 Å². The molecule has 2 aromatic rings. The average Bonchev–Trinajstić information content (AvgIpc) is 2.89. The topological polar surface area (TPSA) is 135 Å². The molecule has 9 heteroatoms. The molecule has 0 spiro atoms. The number of likely N-dealkylation sites (N-methyl/N-ethyl adjacent to an activating group) is 1. The van der Waals surface area contributed by atoms with Crippen LogP contribution in [0.2, 0.25) is 0 Å². The van der Waals surface area contributed by atoms with Gasteiger partial charge in [-0.3, -0.25) is 9.59 Å². The first-order chi connectivity index (χ1) is 12.7. The monoisotopic (exact) mass is 369 g/mol. The molecular formula is C18H16FN5O3. The molecule has 27 heavy (non-hydrogen) atoms. The third-order valence-corrected chi connectivity index (χ3v) is 4.18. The number of carbonyl (C=O) groups excluding carboxylic acids is 2. The standard InChI is InChI=1S/C18H16FN5O3/c1-24-7-6-18(27,17(24)26)5-4-10-2-3-12(19)11(8-10)16-22-9-13(20)14(23-16)15(21)25/h2-3,8-9,27H,6-7,20H2,1H3,(H2,21,25)/t18-/m0/s1. The quantitative estimate of drug-likeness (QED) is 0.633. The van der Waals surface area contributed by atoms with Gasteiger partial charge in [-0.2, -0.15) is 0 Å². The zero-order valence-corrected chi connectivity index (χ0v) is 14.4. The first-order valence-electron chi connectivity index (χ1n) is 7.94. The Hall–Kier alpha value is -3.51. The second-order valence-corrected chi connectivity index (χ2v) is 6.14. The van der Waals surface area contributed by atoms with Crippen LogP contribution >= 0.6 is 0 Å². The lowest BCUT2D eigenvalue weighted by Gasteiger charge is -2.13.